The number of ether oxygens (including phenoxy) is 11. The molecule has 14 rings (SSSR count). The summed E-state index contributed by atoms with van der Waals surface area (Å²) in [6, 6.07) is 32.6. The fraction of sp³-hybridized carbons (Fsp3) is 0.354. The van der Waals surface area contributed by atoms with Crippen molar-refractivity contribution in [2.24, 2.45) is 0 Å². The number of amides is 4. The van der Waals surface area contributed by atoms with E-state index in [2.05, 4.69) is 14.1 Å². The molecule has 2 saturated heterocycles. The van der Waals surface area contributed by atoms with Crippen LogP contribution in [0.15, 0.2) is 138 Å². The first kappa shape index (κ1) is 78.7. The van der Waals surface area contributed by atoms with Crippen molar-refractivity contribution in [1.82, 2.24) is 9.80 Å². The molecule has 113 heavy (non-hydrogen) atoms. The Balaban J connectivity index is 0.752. The second-order valence-corrected chi connectivity index (χ2v) is 30.6. The number of carbonyl (C=O) groups is 6. The third kappa shape index (κ3) is 16.2. The monoisotopic (exact) mass is 1600 g/mol. The summed E-state index contributed by atoms with van der Waals surface area (Å²) in [6.45, 7) is 0.107. The molecule has 0 bridgehead atoms. The van der Waals surface area contributed by atoms with Crippen LogP contribution < -0.4 is 38.1 Å². The molecule has 2 aromatic heterocycles. The van der Waals surface area contributed by atoms with Crippen LogP contribution in [0.25, 0.3) is 0 Å². The first-order chi connectivity index (χ1) is 54.2. The van der Waals surface area contributed by atoms with Crippen LogP contribution >= 0.6 is 22.7 Å². The van der Waals surface area contributed by atoms with Crippen LogP contribution in [-0.4, -0.2) is 227 Å². The van der Waals surface area contributed by atoms with Crippen molar-refractivity contribution in [2.45, 2.75) is 145 Å². The quantitative estimate of drug-likeness (QED) is 0.0264. The normalized spacial score (nSPS) is 23.9. The molecular weight excluding hydrogens is 1520 g/mol. The number of anilines is 1. The van der Waals surface area contributed by atoms with E-state index in [1.54, 1.807) is 7.11 Å². The highest BCUT2D eigenvalue weighted by Gasteiger charge is 2.52. The summed E-state index contributed by atoms with van der Waals surface area (Å²) in [7, 11) is 8.51. The smallest absolute Gasteiger partial charge is 0.497 e. The van der Waals surface area contributed by atoms with Crippen LogP contribution in [0.5, 0.6) is 40.2 Å². The highest BCUT2D eigenvalue weighted by atomic mass is 32.1. The molecule has 10 N–H and O–H groups in total. The number of fused-ring (bicyclic) bond motifs is 6. The SMILES string of the molecule is COc1ccc(C[N+](C)(C)Cc2cc(COc3cc4c(cc3OC)C(=O)N3Cc5ccsc5C[C@H]3C(O)N4C(=O)OCc3ccc(OC4O[C@H](C(=O)O)[C@H](O)[C@H](O)[C@H]4O)cc3)cc(COc3cc4c(cc3OC)C(=O)N3Cc5ccsc5C[C@H]3C(O)=[N+]4C(=O)OCc3ccc(OC4O[C@H](C(=O)O)[C@H](O)[C@H](O)[C@H]4O)cc3)c2)cc1. The van der Waals surface area contributed by atoms with Gasteiger partial charge in [0.1, 0.15) is 99.0 Å². The van der Waals surface area contributed by atoms with Crippen LogP contribution in [0.3, 0.4) is 0 Å². The number of aliphatic hydroxyl groups is 8. The second-order valence-electron chi connectivity index (χ2n) is 28.6. The number of carbonyl (C=O) groups excluding carboxylic acids is 4. The van der Waals surface area contributed by atoms with Crippen LogP contribution in [-0.2, 0) is 94.0 Å². The van der Waals surface area contributed by atoms with Gasteiger partial charge in [-0.1, -0.05) is 28.8 Å². The molecule has 32 nitrogen and oxygen atoms in total. The van der Waals surface area contributed by atoms with Gasteiger partial charge < -0.3 is 117 Å². The minimum absolute atomic E-state index is 0.0179. The zero-order valence-corrected chi connectivity index (χ0v) is 63.0. The van der Waals surface area contributed by atoms with E-state index in [0.29, 0.717) is 45.6 Å². The van der Waals surface area contributed by atoms with Gasteiger partial charge in [0.25, 0.3) is 11.8 Å². The number of aliphatic hydroxyl groups excluding tert-OH is 8. The molecule has 13 atom stereocenters. The van der Waals surface area contributed by atoms with Gasteiger partial charge in [-0.05, 0) is 129 Å². The molecular formula is C79H81N5O27S2+2. The molecule has 2 fully saturated rings. The highest BCUT2D eigenvalue weighted by Crippen LogP contribution is 2.45. The molecule has 8 aromatic rings. The van der Waals surface area contributed by atoms with Crippen molar-refractivity contribution in [2.75, 3.05) is 40.3 Å². The maximum absolute atomic E-state index is 15.0. The third-order valence-corrected chi connectivity index (χ3v) is 22.4. The summed E-state index contributed by atoms with van der Waals surface area (Å²) in [5.41, 5.74) is 5.35. The van der Waals surface area contributed by atoms with Crippen molar-refractivity contribution < 1.29 is 141 Å². The van der Waals surface area contributed by atoms with Gasteiger partial charge in [0.15, 0.2) is 47.5 Å². The molecule has 6 aliphatic heterocycles. The number of nitrogens with zero attached hydrogens (tertiary/aromatic N) is 5. The van der Waals surface area contributed by atoms with E-state index in [4.69, 9.17) is 52.1 Å². The average Bonchev–Trinajstić information content (AvgIpc) is 1.61. The van der Waals surface area contributed by atoms with Crippen molar-refractivity contribution in [1.29, 1.82) is 0 Å². The number of carboxylic acid groups (broad SMARTS) is 2. The predicted octanol–water partition coefficient (Wildman–Crippen LogP) is 5.87. The number of thiophene rings is 2. The highest BCUT2D eigenvalue weighted by molar-refractivity contribution is 7.10. The number of methoxy groups -OCH3 is 3. The number of carboxylic acids is 2. The zero-order valence-electron chi connectivity index (χ0n) is 61.3. The molecule has 4 amide bonds. The summed E-state index contributed by atoms with van der Waals surface area (Å²) in [5.74, 6) is -3.68. The maximum atomic E-state index is 15.0. The van der Waals surface area contributed by atoms with Gasteiger partial charge in [0, 0.05) is 58.9 Å². The first-order valence-electron chi connectivity index (χ1n) is 35.7. The molecule has 0 radical (unpaired) electrons. The molecule has 0 spiro atoms. The zero-order chi connectivity index (χ0) is 80.0. The number of aliphatic carboxylic acids is 2. The molecule has 34 heteroatoms. The number of hydrogen-bond donors (Lipinski definition) is 10. The molecule has 594 valence electrons. The number of benzene rings is 6. The van der Waals surface area contributed by atoms with Crippen LogP contribution in [0.4, 0.5) is 21.0 Å². The Morgan fingerprint density at radius 3 is 1.53 bits per heavy atom. The summed E-state index contributed by atoms with van der Waals surface area (Å²) < 4.78 is 65.8. The van der Waals surface area contributed by atoms with Crippen molar-refractivity contribution in [3.05, 3.63) is 204 Å². The maximum Gasteiger partial charge on any atom is 0.605 e. The lowest BCUT2D eigenvalue weighted by Gasteiger charge is -2.38. The van der Waals surface area contributed by atoms with E-state index in [9.17, 15) is 70.2 Å². The molecule has 3 unspecified atom stereocenters. The molecule has 6 aromatic carbocycles. The van der Waals surface area contributed by atoms with Gasteiger partial charge in [-0.15, -0.1) is 22.7 Å². The average molecular weight is 1600 g/mol. The van der Waals surface area contributed by atoms with Crippen LogP contribution in [0.2, 0.25) is 0 Å². The molecule has 6 aliphatic rings. The van der Waals surface area contributed by atoms with Crippen molar-refractivity contribution in [3.63, 3.8) is 0 Å². The fourth-order valence-corrected chi connectivity index (χ4v) is 16.5. The molecule has 0 aliphatic carbocycles. The van der Waals surface area contributed by atoms with E-state index in [1.165, 1.54) is 119 Å². The van der Waals surface area contributed by atoms with E-state index >= 15 is 9.59 Å². The minimum Gasteiger partial charge on any atom is -0.497 e. The lowest BCUT2D eigenvalue weighted by molar-refractivity contribution is -0.916. The fourth-order valence-electron chi connectivity index (χ4n) is 14.7. The number of rotatable bonds is 23. The van der Waals surface area contributed by atoms with Gasteiger partial charge in [0.2, 0.25) is 18.3 Å². The topological polar surface area (TPSA) is 419 Å². The van der Waals surface area contributed by atoms with E-state index in [-0.39, 0.29) is 96.1 Å². The minimum atomic E-state index is -1.94. The Morgan fingerprint density at radius 2 is 0.991 bits per heavy atom. The Labute approximate surface area is 652 Å². The van der Waals surface area contributed by atoms with Crippen molar-refractivity contribution >= 4 is 75.9 Å². The molecule has 0 saturated carbocycles. The lowest BCUT2D eigenvalue weighted by Crippen LogP contribution is -2.61. The van der Waals surface area contributed by atoms with Gasteiger partial charge in [0.05, 0.1) is 58.8 Å². The molecule has 8 heterocycles. The number of hydrogen-bond acceptors (Lipinski definition) is 26. The Bertz CT molecular complexity index is 4960. The Kier molecular flexibility index (Phi) is 22.7. The van der Waals surface area contributed by atoms with Gasteiger partial charge in [-0.25, -0.2) is 19.3 Å². The van der Waals surface area contributed by atoms with E-state index < -0.39 is 135 Å². The predicted molar refractivity (Wildman–Crippen MR) is 396 cm³/mol. The van der Waals surface area contributed by atoms with Gasteiger partial charge in [-0.2, -0.15) is 4.79 Å². The summed E-state index contributed by atoms with van der Waals surface area (Å²) in [4.78, 5) is 89.0. The third-order valence-electron chi connectivity index (χ3n) is 20.5. The largest absolute Gasteiger partial charge is 0.605 e. The van der Waals surface area contributed by atoms with E-state index in [1.807, 2.05) is 65.4 Å². The summed E-state index contributed by atoms with van der Waals surface area (Å²) in [6.07, 6.45) is -22.0. The summed E-state index contributed by atoms with van der Waals surface area (Å²) >= 11 is 2.89. The Morgan fingerprint density at radius 1 is 0.513 bits per heavy atom. The van der Waals surface area contributed by atoms with Gasteiger partial charge >= 0.3 is 30.0 Å². The van der Waals surface area contributed by atoms with E-state index in [0.717, 1.165) is 41.5 Å². The lowest BCUT2D eigenvalue weighted by atomic mass is 9.99. The van der Waals surface area contributed by atoms with Gasteiger partial charge in [-0.3, -0.25) is 9.59 Å². The van der Waals surface area contributed by atoms with Crippen LogP contribution in [0, 0.1) is 0 Å². The first-order valence-corrected chi connectivity index (χ1v) is 37.4. The standard InChI is InChI=1S/C79H79N5O27S2/c1-84(2,33-39-6-12-47(101-3)13-7-39)34-42-22-43(37-104-58-27-52-50(25-56(58)102-4)70(91)80-31-45-18-20-112-60(45)29-54(80)72(93)82(52)78(99)106-35-40-8-14-48(15-9-40)108-76-66(89)62(85)64(87)68(110-76)74(95)96)24-44(23-42)38-105-59-28-53-51(26-57(59)103-5)71(92)81-32-46-19-21-113-61(46)30-55(81)73(94)83(53)79(100)107-36-41-10-16-49(17-11-41)109-77-67(90)63(86)65(88)69(111-77)75(97)98/h6-28,54-55,62-69,72,76-77,85-90,93H,29-38H2,1-5H3,(H-,95,96,97,98)/p+2/t54-,55-,62-,63-,64+,65+,66+,67+,68-,69-,72?,76?,77?/m0/s1. The number of quaternary nitrogens is 1. The second kappa shape index (κ2) is 32.6. The van der Waals surface area contributed by atoms with Crippen LogP contribution in [0.1, 0.15) is 75.0 Å². The van der Waals surface area contributed by atoms with Crippen molar-refractivity contribution in [3.8, 4) is 40.2 Å². The Hall–Kier alpha value is -11.0. The summed E-state index contributed by atoms with van der Waals surface area (Å²) in [5, 5.41) is 110.